The Labute approximate surface area is 109 Å². The second kappa shape index (κ2) is 5.40. The Hall–Kier alpha value is -1.54. The average Bonchev–Trinajstić information content (AvgIpc) is 2.29. The molecule has 0 spiro atoms. The van der Waals surface area contributed by atoms with Gasteiger partial charge in [-0.25, -0.2) is 8.42 Å². The first-order chi connectivity index (χ1) is 8.30. The Morgan fingerprint density at radius 3 is 2.22 bits per heavy atom. The van der Waals surface area contributed by atoms with Gasteiger partial charge >= 0.3 is 0 Å². The van der Waals surface area contributed by atoms with Crippen LogP contribution in [0.2, 0.25) is 0 Å². The lowest BCUT2D eigenvalue weighted by Crippen LogP contribution is -2.43. The van der Waals surface area contributed by atoms with E-state index >= 15 is 0 Å². The quantitative estimate of drug-likeness (QED) is 0.841. The number of rotatable bonds is 4. The Morgan fingerprint density at radius 1 is 1.22 bits per heavy atom. The van der Waals surface area contributed by atoms with Crippen molar-refractivity contribution in [1.82, 2.24) is 0 Å². The van der Waals surface area contributed by atoms with Crippen LogP contribution in [0, 0.1) is 11.3 Å². The maximum atomic E-state index is 12.5. The van der Waals surface area contributed by atoms with Crippen LogP contribution in [0.4, 0.5) is 5.69 Å². The third kappa shape index (κ3) is 3.02. The average molecular weight is 266 g/mol. The van der Waals surface area contributed by atoms with Crippen molar-refractivity contribution in [2.75, 3.05) is 10.8 Å². The molecule has 1 aromatic rings. The van der Waals surface area contributed by atoms with E-state index in [9.17, 15) is 8.42 Å². The first-order valence-electron chi connectivity index (χ1n) is 5.75. The van der Waals surface area contributed by atoms with Gasteiger partial charge in [-0.2, -0.15) is 5.26 Å². The van der Waals surface area contributed by atoms with E-state index in [4.69, 9.17) is 5.26 Å². The molecular formula is C13H18N2O2S. The van der Waals surface area contributed by atoms with Crippen LogP contribution in [-0.4, -0.2) is 19.7 Å². The second-order valence-electron chi connectivity index (χ2n) is 4.93. The highest BCUT2D eigenvalue weighted by Crippen LogP contribution is 2.26. The molecule has 0 bridgehead atoms. The molecule has 0 aliphatic carbocycles. The minimum atomic E-state index is -3.48. The summed E-state index contributed by atoms with van der Waals surface area (Å²) in [6.45, 7) is 5.15. The molecule has 18 heavy (non-hydrogen) atoms. The number of nitriles is 1. The highest BCUT2D eigenvalue weighted by molar-refractivity contribution is 7.94. The molecule has 0 unspecified atom stereocenters. The van der Waals surface area contributed by atoms with Crippen molar-refractivity contribution in [2.24, 2.45) is 0 Å². The molecular weight excluding hydrogens is 248 g/mol. The van der Waals surface area contributed by atoms with Crippen molar-refractivity contribution in [2.45, 2.75) is 31.9 Å². The predicted octanol–water partition coefficient (Wildman–Crippen LogP) is 2.53. The van der Waals surface area contributed by atoms with Crippen molar-refractivity contribution in [3.8, 4) is 6.07 Å². The molecule has 0 aromatic heterocycles. The van der Waals surface area contributed by atoms with E-state index in [0.29, 0.717) is 5.69 Å². The van der Waals surface area contributed by atoms with Crippen molar-refractivity contribution in [3.05, 3.63) is 30.3 Å². The molecule has 1 rings (SSSR count). The summed E-state index contributed by atoms with van der Waals surface area (Å²) in [7, 11) is -3.48. The van der Waals surface area contributed by atoms with E-state index in [0.717, 1.165) is 0 Å². The van der Waals surface area contributed by atoms with E-state index in [1.165, 1.54) is 4.31 Å². The van der Waals surface area contributed by atoms with Gasteiger partial charge in [-0.05, 0) is 32.9 Å². The van der Waals surface area contributed by atoms with Crippen LogP contribution >= 0.6 is 0 Å². The summed E-state index contributed by atoms with van der Waals surface area (Å²) < 4.78 is 25.4. The maximum absolute atomic E-state index is 12.5. The van der Waals surface area contributed by atoms with E-state index in [1.807, 2.05) is 12.1 Å². The van der Waals surface area contributed by atoms with Crippen molar-refractivity contribution >= 4 is 15.7 Å². The molecule has 0 heterocycles. The molecule has 0 N–H and O–H groups in total. The molecule has 0 amide bonds. The topological polar surface area (TPSA) is 61.2 Å². The fraction of sp³-hybridized carbons (Fsp3) is 0.462. The van der Waals surface area contributed by atoms with Gasteiger partial charge in [0.2, 0.25) is 10.0 Å². The zero-order chi connectivity index (χ0) is 13.8. The molecule has 5 heteroatoms. The maximum Gasteiger partial charge on any atom is 0.240 e. The number of anilines is 1. The van der Waals surface area contributed by atoms with Crippen molar-refractivity contribution in [3.63, 3.8) is 0 Å². The summed E-state index contributed by atoms with van der Waals surface area (Å²) in [5, 5.41) is 8.66. The SMILES string of the molecule is CC(C)(C)S(=O)(=O)N(CCC#N)c1ccccc1. The summed E-state index contributed by atoms with van der Waals surface area (Å²) in [4.78, 5) is 0. The first kappa shape index (κ1) is 14.5. The number of para-hydroxylation sites is 1. The van der Waals surface area contributed by atoms with Crippen LogP contribution in [0.3, 0.4) is 0 Å². The lowest BCUT2D eigenvalue weighted by Gasteiger charge is -2.31. The van der Waals surface area contributed by atoms with E-state index in [-0.39, 0.29) is 13.0 Å². The van der Waals surface area contributed by atoms with Gasteiger partial charge in [0.05, 0.1) is 22.9 Å². The standard InChI is InChI=1S/C13H18N2O2S/c1-13(2,3)18(16,17)15(11-7-10-14)12-8-5-4-6-9-12/h4-6,8-9H,7,11H2,1-3H3. The van der Waals surface area contributed by atoms with Gasteiger partial charge in [-0.15, -0.1) is 0 Å². The van der Waals surface area contributed by atoms with E-state index in [2.05, 4.69) is 0 Å². The van der Waals surface area contributed by atoms with Gasteiger partial charge in [0.1, 0.15) is 0 Å². The largest absolute Gasteiger partial charge is 0.269 e. The molecule has 0 aliphatic rings. The number of benzene rings is 1. The highest BCUT2D eigenvalue weighted by Gasteiger charge is 2.35. The van der Waals surface area contributed by atoms with Gasteiger partial charge in [0.25, 0.3) is 0 Å². The molecule has 0 saturated heterocycles. The summed E-state index contributed by atoms with van der Waals surface area (Å²) in [5.74, 6) is 0. The Bertz CT molecular complexity index is 524. The second-order valence-corrected chi connectivity index (χ2v) is 7.55. The molecule has 98 valence electrons. The zero-order valence-corrected chi connectivity index (χ0v) is 11.7. The Balaban J connectivity index is 3.20. The fourth-order valence-electron chi connectivity index (χ4n) is 1.46. The van der Waals surface area contributed by atoms with Crippen LogP contribution in [0.15, 0.2) is 30.3 Å². The third-order valence-electron chi connectivity index (χ3n) is 2.53. The normalized spacial score (nSPS) is 11.9. The van der Waals surface area contributed by atoms with Gasteiger partial charge in [-0.3, -0.25) is 4.31 Å². The summed E-state index contributed by atoms with van der Waals surface area (Å²) in [5.41, 5.74) is 0.600. The van der Waals surface area contributed by atoms with Crippen molar-refractivity contribution < 1.29 is 8.42 Å². The molecule has 1 aromatic carbocycles. The number of nitrogens with zero attached hydrogens (tertiary/aromatic N) is 2. The lowest BCUT2D eigenvalue weighted by atomic mass is 10.3. The van der Waals surface area contributed by atoms with Crippen LogP contribution in [0.25, 0.3) is 0 Å². The summed E-state index contributed by atoms with van der Waals surface area (Å²) in [6.07, 6.45) is 0.171. The Kier molecular flexibility index (Phi) is 4.36. The molecule has 0 aliphatic heterocycles. The summed E-state index contributed by atoms with van der Waals surface area (Å²) in [6, 6.07) is 10.9. The highest BCUT2D eigenvalue weighted by atomic mass is 32.2. The first-order valence-corrected chi connectivity index (χ1v) is 7.19. The minimum Gasteiger partial charge on any atom is -0.269 e. The van der Waals surface area contributed by atoms with E-state index in [1.54, 1.807) is 45.0 Å². The van der Waals surface area contributed by atoms with Crippen LogP contribution < -0.4 is 4.31 Å². The number of hydrogen-bond acceptors (Lipinski definition) is 3. The Morgan fingerprint density at radius 2 is 1.78 bits per heavy atom. The number of hydrogen-bond donors (Lipinski definition) is 0. The molecule has 0 radical (unpaired) electrons. The summed E-state index contributed by atoms with van der Waals surface area (Å²) >= 11 is 0. The molecule has 0 fully saturated rings. The minimum absolute atomic E-state index is 0.171. The van der Waals surface area contributed by atoms with Crippen molar-refractivity contribution in [1.29, 1.82) is 5.26 Å². The zero-order valence-electron chi connectivity index (χ0n) is 10.9. The van der Waals surface area contributed by atoms with Gasteiger partial charge in [0, 0.05) is 6.54 Å². The van der Waals surface area contributed by atoms with E-state index < -0.39 is 14.8 Å². The lowest BCUT2D eigenvalue weighted by molar-refractivity contribution is 0.555. The smallest absolute Gasteiger partial charge is 0.240 e. The van der Waals surface area contributed by atoms with Gasteiger partial charge in [-0.1, -0.05) is 18.2 Å². The van der Waals surface area contributed by atoms with Crippen LogP contribution in [0.1, 0.15) is 27.2 Å². The number of sulfonamides is 1. The fourth-order valence-corrected chi connectivity index (χ4v) is 2.86. The molecule has 0 atom stereocenters. The molecule has 4 nitrogen and oxygen atoms in total. The third-order valence-corrected chi connectivity index (χ3v) is 5.06. The van der Waals surface area contributed by atoms with Gasteiger partial charge < -0.3 is 0 Å². The monoisotopic (exact) mass is 266 g/mol. The van der Waals surface area contributed by atoms with Crippen LogP contribution in [-0.2, 0) is 10.0 Å². The molecule has 0 saturated carbocycles. The van der Waals surface area contributed by atoms with Gasteiger partial charge in [0.15, 0.2) is 0 Å². The predicted molar refractivity (Wildman–Crippen MR) is 72.7 cm³/mol. The van der Waals surface area contributed by atoms with Crippen LogP contribution in [0.5, 0.6) is 0 Å².